The quantitative estimate of drug-likeness (QED) is 0.186. The zero-order valence-electron chi connectivity index (χ0n) is 30.9. The molecule has 1 aromatic rings. The van der Waals surface area contributed by atoms with Crippen LogP contribution in [-0.4, -0.2) is 104 Å². The van der Waals surface area contributed by atoms with Gasteiger partial charge in [-0.05, 0) is 106 Å². The van der Waals surface area contributed by atoms with Crippen LogP contribution in [0.5, 0.6) is 0 Å². The Morgan fingerprint density at radius 3 is 2.34 bits per heavy atom. The fourth-order valence-corrected chi connectivity index (χ4v) is 14.6. The average Bonchev–Trinajstić information content (AvgIpc) is 4.03. The molecule has 9 rings (SSSR count). The highest BCUT2D eigenvalue weighted by Gasteiger charge is 2.93. The van der Waals surface area contributed by atoms with Gasteiger partial charge in [-0.1, -0.05) is 19.9 Å². The van der Waals surface area contributed by atoms with E-state index in [0.29, 0.717) is 12.8 Å². The van der Waals surface area contributed by atoms with Gasteiger partial charge in [-0.25, -0.2) is 9.59 Å². The first-order valence-electron chi connectivity index (χ1n) is 19.3. The minimum Gasteiger partial charge on any atom is -0.465 e. The van der Waals surface area contributed by atoms with Gasteiger partial charge in [-0.2, -0.15) is 0 Å². The van der Waals surface area contributed by atoms with Gasteiger partial charge in [0.1, 0.15) is 11.9 Å². The molecule has 6 aliphatic carbocycles. The normalized spacial score (nSPS) is 55.1. The van der Waals surface area contributed by atoms with E-state index in [1.54, 1.807) is 19.1 Å². The van der Waals surface area contributed by atoms with Crippen molar-refractivity contribution in [1.29, 1.82) is 0 Å². The molecule has 8 aliphatic rings. The van der Waals surface area contributed by atoms with Gasteiger partial charge in [0, 0.05) is 22.8 Å². The number of hydrogen-bond donors (Lipinski definition) is 6. The van der Waals surface area contributed by atoms with Crippen molar-refractivity contribution in [2.45, 2.75) is 108 Å². The molecule has 13 nitrogen and oxygen atoms in total. The van der Waals surface area contributed by atoms with Gasteiger partial charge in [0.15, 0.2) is 5.60 Å². The lowest BCUT2D eigenvalue weighted by Gasteiger charge is -2.67. The molecule has 1 amide bonds. The maximum absolute atomic E-state index is 14.5. The number of aliphatic hydroxyl groups is 5. The van der Waals surface area contributed by atoms with Crippen molar-refractivity contribution in [3.63, 3.8) is 0 Å². The van der Waals surface area contributed by atoms with E-state index < -0.39 is 123 Å². The molecule has 0 bridgehead atoms. The largest absolute Gasteiger partial charge is 0.465 e. The fourth-order valence-electron chi connectivity index (χ4n) is 14.6. The molecule has 1 spiro atoms. The Morgan fingerprint density at radius 2 is 1.68 bits per heavy atom. The third kappa shape index (κ3) is 3.85. The molecule has 8 fully saturated rings. The minimum atomic E-state index is -2.11. The van der Waals surface area contributed by atoms with Gasteiger partial charge in [0.2, 0.25) is 5.79 Å². The van der Waals surface area contributed by atoms with Gasteiger partial charge >= 0.3 is 11.9 Å². The Hall–Kier alpha value is -2.94. The van der Waals surface area contributed by atoms with Crippen molar-refractivity contribution in [1.82, 2.24) is 5.32 Å². The summed E-state index contributed by atoms with van der Waals surface area (Å²) in [6.07, 6.45) is -3.59. The van der Waals surface area contributed by atoms with Crippen molar-refractivity contribution in [3.8, 4) is 0 Å². The monoisotopic (exact) mass is 737 g/mol. The number of Topliss-reactive ketones (excluding diaryl/α,β-unsaturated/α-hetero) is 1. The molecule has 53 heavy (non-hydrogen) atoms. The SMILES string of the molecule is CC[C@@]12[C@H](CC3C[C@@H]3[C@@H]1O)[C@@H](NC(=O)c1cccc(C(=O)OC)c1)[C@H](O)[C@H]1[C@@H]3[C@@H](O)[C@@H]4[C@H]([C@H](C)[C@H]5O[C@]56OC(=O)[C@@](C)(O)[C@]46C)[C@@]3(C(C)=O)[C@@H](O)C[C@@H]12. The molecule has 1 aromatic carbocycles. The lowest BCUT2D eigenvalue weighted by molar-refractivity contribution is -0.248. The van der Waals surface area contributed by atoms with Gasteiger partial charge in [-0.15, -0.1) is 0 Å². The zero-order valence-corrected chi connectivity index (χ0v) is 30.9. The maximum atomic E-state index is 14.5. The average molecular weight is 738 g/mol. The van der Waals surface area contributed by atoms with Gasteiger partial charge in [0.05, 0.1) is 54.0 Å². The molecule has 13 heteroatoms. The first-order chi connectivity index (χ1) is 24.9. The number of aliphatic hydroxyl groups excluding tert-OH is 4. The van der Waals surface area contributed by atoms with Crippen LogP contribution in [0.15, 0.2) is 24.3 Å². The van der Waals surface area contributed by atoms with Crippen molar-refractivity contribution < 1.29 is 58.9 Å². The van der Waals surface area contributed by atoms with E-state index in [4.69, 9.17) is 14.2 Å². The number of hydrogen-bond acceptors (Lipinski definition) is 12. The Kier molecular flexibility index (Phi) is 7.34. The number of methoxy groups -OCH3 is 1. The molecule has 20 atom stereocenters. The van der Waals surface area contributed by atoms with E-state index in [1.807, 2.05) is 13.8 Å². The number of ether oxygens (including phenoxy) is 3. The molecule has 2 saturated heterocycles. The Labute approximate surface area is 307 Å². The summed E-state index contributed by atoms with van der Waals surface area (Å²) in [4.78, 5) is 54.3. The first kappa shape index (κ1) is 35.7. The van der Waals surface area contributed by atoms with E-state index in [9.17, 15) is 44.7 Å². The highest BCUT2D eigenvalue weighted by Crippen LogP contribution is 2.81. The smallest absolute Gasteiger partial charge is 0.341 e. The third-order valence-electron chi connectivity index (χ3n) is 17.0. The fraction of sp³-hybridized carbons (Fsp3) is 0.750. The van der Waals surface area contributed by atoms with E-state index in [2.05, 4.69) is 5.32 Å². The molecular weight excluding hydrogens is 686 g/mol. The van der Waals surface area contributed by atoms with E-state index in [0.717, 1.165) is 6.42 Å². The third-order valence-corrected chi connectivity index (χ3v) is 17.0. The summed E-state index contributed by atoms with van der Waals surface area (Å²) in [6, 6.07) is 5.16. The first-order valence-corrected chi connectivity index (χ1v) is 19.3. The Bertz CT molecular complexity index is 1820. The number of rotatable bonds is 5. The zero-order chi connectivity index (χ0) is 38.1. The lowest BCUT2D eigenvalue weighted by Crippen LogP contribution is -2.74. The lowest BCUT2D eigenvalue weighted by atomic mass is 9.39. The second-order valence-electron chi connectivity index (χ2n) is 18.2. The maximum Gasteiger partial charge on any atom is 0.341 e. The van der Waals surface area contributed by atoms with E-state index in [1.165, 1.54) is 33.1 Å². The number of carbonyl (C=O) groups is 4. The number of ketones is 1. The van der Waals surface area contributed by atoms with E-state index in [-0.39, 0.29) is 35.2 Å². The molecule has 2 heterocycles. The predicted octanol–water partition coefficient (Wildman–Crippen LogP) is 1.21. The highest BCUT2D eigenvalue weighted by molar-refractivity contribution is 5.98. The highest BCUT2D eigenvalue weighted by atomic mass is 16.8. The second kappa shape index (κ2) is 10.9. The number of carbonyl (C=O) groups excluding carboxylic acids is 4. The molecule has 1 unspecified atom stereocenters. The summed E-state index contributed by atoms with van der Waals surface area (Å²) in [5.41, 5.74) is -5.81. The van der Waals surface area contributed by atoms with Crippen LogP contribution in [0.4, 0.5) is 0 Å². The van der Waals surface area contributed by atoms with Crippen LogP contribution in [0, 0.1) is 69.5 Å². The number of fused-ring (bicyclic) bond motifs is 9. The topological polar surface area (TPSA) is 212 Å². The van der Waals surface area contributed by atoms with Crippen LogP contribution in [-0.2, 0) is 23.8 Å². The molecule has 288 valence electrons. The molecule has 2 aliphatic heterocycles. The summed E-state index contributed by atoms with van der Waals surface area (Å²) in [5, 5.41) is 65.7. The number of esters is 2. The molecule has 6 N–H and O–H groups in total. The van der Waals surface area contributed by atoms with Crippen LogP contribution < -0.4 is 5.32 Å². The van der Waals surface area contributed by atoms with Crippen molar-refractivity contribution in [3.05, 3.63) is 35.4 Å². The number of amides is 1. The summed E-state index contributed by atoms with van der Waals surface area (Å²) >= 11 is 0. The van der Waals surface area contributed by atoms with Crippen LogP contribution >= 0.6 is 0 Å². The molecular formula is C40H51NO12. The van der Waals surface area contributed by atoms with Crippen LogP contribution in [0.2, 0.25) is 0 Å². The number of nitrogens with one attached hydrogen (secondary N) is 1. The molecule has 0 radical (unpaired) electrons. The number of epoxide rings is 1. The molecule has 6 saturated carbocycles. The predicted molar refractivity (Wildman–Crippen MR) is 182 cm³/mol. The minimum absolute atomic E-state index is 0.0164. The number of benzene rings is 1. The Balaban J connectivity index is 1.20. The second-order valence-corrected chi connectivity index (χ2v) is 18.2. The van der Waals surface area contributed by atoms with Gasteiger partial charge in [-0.3, -0.25) is 9.59 Å². The van der Waals surface area contributed by atoms with Crippen molar-refractivity contribution in [2.24, 2.45) is 69.5 Å². The summed E-state index contributed by atoms with van der Waals surface area (Å²) in [7, 11) is 1.25. The summed E-state index contributed by atoms with van der Waals surface area (Å²) in [5.74, 6) is -8.88. The standard InChI is InChI=1S/C40H51NO12/c1-7-38-21-14-23(43)39(16(3)42)25-15(2)32-40(52-32)36(4,37(5,50)35(49)53-40)27(25)30(45)26(39)24(21)29(44)28(22(38)13-19-12-20(19)31(38)46)41-33(47)17-9-8-10-18(11-17)34(48)51-6/h8-11,15,19-32,43-46,50H,7,12-14H2,1-6H3,(H,41,47)/t15-,19?,20-,21-,22+,23-,24+,25-,26+,27-,28+,29+,30+,31-,32+,36-,37+,38+,39+,40-/m0/s1. The van der Waals surface area contributed by atoms with Crippen LogP contribution in [0.3, 0.4) is 0 Å². The Morgan fingerprint density at radius 1 is 0.981 bits per heavy atom. The van der Waals surface area contributed by atoms with Crippen molar-refractivity contribution in [2.75, 3.05) is 7.11 Å². The molecule has 0 aromatic heterocycles. The summed E-state index contributed by atoms with van der Waals surface area (Å²) < 4.78 is 16.8. The van der Waals surface area contributed by atoms with Crippen LogP contribution in [0.1, 0.15) is 81.0 Å². The van der Waals surface area contributed by atoms with Crippen molar-refractivity contribution >= 4 is 23.6 Å². The van der Waals surface area contributed by atoms with Crippen LogP contribution in [0.25, 0.3) is 0 Å². The van der Waals surface area contributed by atoms with Gasteiger partial charge in [0.25, 0.3) is 5.91 Å². The summed E-state index contributed by atoms with van der Waals surface area (Å²) in [6.45, 7) is 8.25. The van der Waals surface area contributed by atoms with E-state index >= 15 is 0 Å². The van der Waals surface area contributed by atoms with Gasteiger partial charge < -0.3 is 45.1 Å².